The molecule has 0 saturated carbocycles. The highest BCUT2D eigenvalue weighted by molar-refractivity contribution is 6.05. The van der Waals surface area contributed by atoms with Gasteiger partial charge in [0.1, 0.15) is 0 Å². The summed E-state index contributed by atoms with van der Waals surface area (Å²) in [6, 6.07) is 13.4. The van der Waals surface area contributed by atoms with Crippen molar-refractivity contribution in [2.24, 2.45) is 0 Å². The van der Waals surface area contributed by atoms with Gasteiger partial charge in [0.05, 0.1) is 20.5 Å². The number of anilines is 2. The van der Waals surface area contributed by atoms with Crippen LogP contribution in [0.2, 0.25) is 0 Å². The van der Waals surface area contributed by atoms with E-state index in [0.29, 0.717) is 34.9 Å². The molecule has 0 aliphatic heterocycles. The Morgan fingerprint density at radius 1 is 1.00 bits per heavy atom. The van der Waals surface area contributed by atoms with Gasteiger partial charge in [-0.2, -0.15) is 0 Å². The fraction of sp³-hybridized carbons (Fsp3) is 0.130. The van der Waals surface area contributed by atoms with Crippen molar-refractivity contribution in [1.29, 1.82) is 0 Å². The Bertz CT molecular complexity index is 1040. The molecule has 0 bridgehead atoms. The fourth-order valence-corrected chi connectivity index (χ4v) is 2.92. The SMILES string of the molecule is C=CCc1cc(C(=O)Nc2ccc(NC(=O)c3ccco3)cc2)cc(OC)c1OC. The van der Waals surface area contributed by atoms with Gasteiger partial charge in [-0.25, -0.2) is 0 Å². The molecule has 0 spiro atoms. The zero-order valence-electron chi connectivity index (χ0n) is 16.7. The van der Waals surface area contributed by atoms with Crippen LogP contribution < -0.4 is 20.1 Å². The number of rotatable bonds is 8. The topological polar surface area (TPSA) is 89.8 Å². The number of allylic oxidation sites excluding steroid dienone is 1. The lowest BCUT2D eigenvalue weighted by molar-refractivity contribution is 0.0994. The number of ether oxygens (including phenoxy) is 2. The van der Waals surface area contributed by atoms with E-state index in [9.17, 15) is 9.59 Å². The Balaban J connectivity index is 1.73. The van der Waals surface area contributed by atoms with Crippen LogP contribution in [0.5, 0.6) is 11.5 Å². The Morgan fingerprint density at radius 2 is 1.67 bits per heavy atom. The standard InChI is InChI=1S/C23H22N2O5/c1-4-6-15-13-16(14-20(28-2)21(15)29-3)22(26)24-17-8-10-18(11-9-17)25-23(27)19-7-5-12-30-19/h4-5,7-14H,1,6H2,2-3H3,(H,24,26)(H,25,27). The van der Waals surface area contributed by atoms with E-state index in [0.717, 1.165) is 5.56 Å². The van der Waals surface area contributed by atoms with Crippen molar-refractivity contribution in [3.63, 3.8) is 0 Å². The number of hydrogen-bond donors (Lipinski definition) is 2. The fourth-order valence-electron chi connectivity index (χ4n) is 2.92. The highest BCUT2D eigenvalue weighted by Crippen LogP contribution is 2.33. The predicted molar refractivity (Wildman–Crippen MR) is 115 cm³/mol. The maximum atomic E-state index is 12.7. The third kappa shape index (κ3) is 4.70. The number of carbonyl (C=O) groups is 2. The molecule has 2 N–H and O–H groups in total. The minimum Gasteiger partial charge on any atom is -0.493 e. The number of hydrogen-bond acceptors (Lipinski definition) is 5. The monoisotopic (exact) mass is 406 g/mol. The summed E-state index contributed by atoms with van der Waals surface area (Å²) in [7, 11) is 3.07. The normalized spacial score (nSPS) is 10.2. The molecule has 0 unspecified atom stereocenters. The third-order valence-electron chi connectivity index (χ3n) is 4.33. The Labute approximate surface area is 174 Å². The van der Waals surface area contributed by atoms with Crippen LogP contribution in [0.1, 0.15) is 26.5 Å². The van der Waals surface area contributed by atoms with Gasteiger partial charge < -0.3 is 24.5 Å². The van der Waals surface area contributed by atoms with E-state index in [1.165, 1.54) is 13.4 Å². The molecule has 1 aromatic heterocycles. The quantitative estimate of drug-likeness (QED) is 0.537. The molecule has 0 aliphatic rings. The first-order valence-corrected chi connectivity index (χ1v) is 9.17. The molecule has 0 aliphatic carbocycles. The van der Waals surface area contributed by atoms with E-state index in [4.69, 9.17) is 13.9 Å². The van der Waals surface area contributed by atoms with Gasteiger partial charge in [-0.1, -0.05) is 6.08 Å². The van der Waals surface area contributed by atoms with Gasteiger partial charge in [0.2, 0.25) is 0 Å². The van der Waals surface area contributed by atoms with Crippen molar-refractivity contribution in [2.75, 3.05) is 24.9 Å². The highest BCUT2D eigenvalue weighted by Gasteiger charge is 2.16. The van der Waals surface area contributed by atoms with Gasteiger partial charge in [-0.05, 0) is 55.0 Å². The highest BCUT2D eigenvalue weighted by atomic mass is 16.5. The molecular weight excluding hydrogens is 384 g/mol. The van der Waals surface area contributed by atoms with Gasteiger partial charge >= 0.3 is 0 Å². The second-order valence-electron chi connectivity index (χ2n) is 6.33. The van der Waals surface area contributed by atoms with E-state index in [2.05, 4.69) is 17.2 Å². The van der Waals surface area contributed by atoms with Crippen LogP contribution >= 0.6 is 0 Å². The minimum absolute atomic E-state index is 0.219. The smallest absolute Gasteiger partial charge is 0.291 e. The van der Waals surface area contributed by atoms with Crippen LogP contribution in [0.15, 0.2) is 71.9 Å². The molecule has 3 rings (SSSR count). The van der Waals surface area contributed by atoms with E-state index in [-0.39, 0.29) is 17.6 Å². The molecule has 2 amide bonds. The number of nitrogens with one attached hydrogen (secondary N) is 2. The number of benzene rings is 2. The maximum Gasteiger partial charge on any atom is 0.291 e. The van der Waals surface area contributed by atoms with Crippen LogP contribution in [0.3, 0.4) is 0 Å². The van der Waals surface area contributed by atoms with E-state index in [1.807, 2.05) is 0 Å². The Kier molecular flexibility index (Phi) is 6.54. The maximum absolute atomic E-state index is 12.7. The summed E-state index contributed by atoms with van der Waals surface area (Å²) in [5.74, 6) is 0.616. The molecule has 1 heterocycles. The molecule has 154 valence electrons. The summed E-state index contributed by atoms with van der Waals surface area (Å²) in [5, 5.41) is 5.55. The summed E-state index contributed by atoms with van der Waals surface area (Å²) >= 11 is 0. The average molecular weight is 406 g/mol. The van der Waals surface area contributed by atoms with Gasteiger partial charge in [0, 0.05) is 22.5 Å². The van der Waals surface area contributed by atoms with Crippen LogP contribution in [0.4, 0.5) is 11.4 Å². The second kappa shape index (κ2) is 9.47. The molecular formula is C23H22N2O5. The lowest BCUT2D eigenvalue weighted by atomic mass is 10.0. The Hall–Kier alpha value is -4.00. The largest absolute Gasteiger partial charge is 0.493 e. The molecule has 0 fully saturated rings. The number of amides is 2. The molecule has 30 heavy (non-hydrogen) atoms. The summed E-state index contributed by atoms with van der Waals surface area (Å²) in [5.41, 5.74) is 2.39. The van der Waals surface area contributed by atoms with Gasteiger partial charge in [-0.3, -0.25) is 9.59 Å². The molecule has 7 nitrogen and oxygen atoms in total. The molecule has 2 aromatic carbocycles. The van der Waals surface area contributed by atoms with Gasteiger partial charge in [-0.15, -0.1) is 6.58 Å². The minimum atomic E-state index is -0.350. The summed E-state index contributed by atoms with van der Waals surface area (Å²) < 4.78 is 15.8. The molecule has 3 aromatic rings. The van der Waals surface area contributed by atoms with E-state index < -0.39 is 0 Å². The van der Waals surface area contributed by atoms with Gasteiger partial charge in [0.15, 0.2) is 17.3 Å². The van der Waals surface area contributed by atoms with Crippen LogP contribution in [0, 0.1) is 0 Å². The zero-order valence-corrected chi connectivity index (χ0v) is 16.7. The summed E-state index contributed by atoms with van der Waals surface area (Å²) in [6.45, 7) is 3.74. The number of carbonyl (C=O) groups excluding carboxylic acids is 2. The summed E-state index contributed by atoms with van der Waals surface area (Å²) in [4.78, 5) is 24.8. The summed E-state index contributed by atoms with van der Waals surface area (Å²) in [6.07, 6.45) is 3.70. The molecule has 7 heteroatoms. The van der Waals surface area contributed by atoms with Crippen LogP contribution in [-0.2, 0) is 6.42 Å². The molecule has 0 radical (unpaired) electrons. The second-order valence-corrected chi connectivity index (χ2v) is 6.33. The van der Waals surface area contributed by atoms with Crippen molar-refractivity contribution >= 4 is 23.2 Å². The predicted octanol–water partition coefficient (Wildman–Crippen LogP) is 4.53. The van der Waals surface area contributed by atoms with E-state index >= 15 is 0 Å². The van der Waals surface area contributed by atoms with Crippen molar-refractivity contribution in [2.45, 2.75) is 6.42 Å². The van der Waals surface area contributed by atoms with Gasteiger partial charge in [0.25, 0.3) is 11.8 Å². The number of furan rings is 1. The lowest BCUT2D eigenvalue weighted by Crippen LogP contribution is -2.13. The number of methoxy groups -OCH3 is 2. The first-order chi connectivity index (χ1) is 14.5. The van der Waals surface area contributed by atoms with Crippen LogP contribution in [-0.4, -0.2) is 26.0 Å². The molecule has 0 saturated heterocycles. The first-order valence-electron chi connectivity index (χ1n) is 9.17. The average Bonchev–Trinajstić information content (AvgIpc) is 3.30. The first kappa shape index (κ1) is 20.7. The van der Waals surface area contributed by atoms with E-state index in [1.54, 1.807) is 61.7 Å². The van der Waals surface area contributed by atoms with Crippen molar-refractivity contribution in [1.82, 2.24) is 0 Å². The van der Waals surface area contributed by atoms with Crippen molar-refractivity contribution < 1.29 is 23.5 Å². The zero-order chi connectivity index (χ0) is 21.5. The van der Waals surface area contributed by atoms with Crippen molar-refractivity contribution in [3.8, 4) is 11.5 Å². The van der Waals surface area contributed by atoms with Crippen molar-refractivity contribution in [3.05, 3.63) is 84.3 Å². The molecule has 0 atom stereocenters. The van der Waals surface area contributed by atoms with Crippen LogP contribution in [0.25, 0.3) is 0 Å². The lowest BCUT2D eigenvalue weighted by Gasteiger charge is -2.14. The third-order valence-corrected chi connectivity index (χ3v) is 4.33. The Morgan fingerprint density at radius 3 is 2.20 bits per heavy atom.